The topological polar surface area (TPSA) is 79.4 Å². The molecule has 2 aromatic rings. The van der Waals surface area contributed by atoms with Gasteiger partial charge in [-0.2, -0.15) is 4.31 Å². The number of ether oxygens (including phenoxy) is 2. The summed E-state index contributed by atoms with van der Waals surface area (Å²) >= 11 is 0. The lowest BCUT2D eigenvalue weighted by atomic mass is 9.95. The van der Waals surface area contributed by atoms with E-state index in [1.54, 1.807) is 12.1 Å². The van der Waals surface area contributed by atoms with Crippen LogP contribution in [0.4, 0.5) is 0 Å². The number of piperazine rings is 1. The highest BCUT2D eigenvalue weighted by Crippen LogP contribution is 2.33. The molecule has 194 valence electrons. The molecule has 2 fully saturated rings. The second-order valence-corrected chi connectivity index (χ2v) is 11.9. The summed E-state index contributed by atoms with van der Waals surface area (Å²) in [4.78, 5) is 17.7. The molecule has 2 aromatic carbocycles. The number of hydrogen-bond acceptors (Lipinski definition) is 6. The van der Waals surface area contributed by atoms with Crippen molar-refractivity contribution < 1.29 is 22.7 Å². The van der Waals surface area contributed by atoms with Gasteiger partial charge in [0, 0.05) is 38.8 Å². The minimum absolute atomic E-state index is 0.0942. The third-order valence-electron chi connectivity index (χ3n) is 7.47. The molecule has 1 saturated carbocycles. The molecule has 3 aliphatic rings. The summed E-state index contributed by atoms with van der Waals surface area (Å²) in [6, 6.07) is 12.8. The largest absolute Gasteiger partial charge is 0.454 e. The van der Waals surface area contributed by atoms with Gasteiger partial charge in [0.25, 0.3) is 0 Å². The van der Waals surface area contributed by atoms with Crippen molar-refractivity contribution in [1.82, 2.24) is 14.1 Å². The van der Waals surface area contributed by atoms with E-state index in [1.807, 2.05) is 42.2 Å². The predicted molar refractivity (Wildman–Crippen MR) is 136 cm³/mol. The first-order valence-electron chi connectivity index (χ1n) is 12.9. The summed E-state index contributed by atoms with van der Waals surface area (Å²) in [6.45, 7) is 5.54. The molecule has 0 atom stereocenters. The average Bonchev–Trinajstić information content (AvgIpc) is 3.36. The van der Waals surface area contributed by atoms with E-state index < -0.39 is 10.0 Å². The Morgan fingerprint density at radius 1 is 0.944 bits per heavy atom. The molecular weight excluding hydrogens is 478 g/mol. The van der Waals surface area contributed by atoms with Crippen LogP contribution in [0.3, 0.4) is 0 Å². The molecule has 0 aromatic heterocycles. The third-order valence-corrected chi connectivity index (χ3v) is 9.38. The minimum atomic E-state index is -3.75. The number of fused-ring (bicyclic) bond motifs is 1. The molecule has 9 heteroatoms. The zero-order valence-electron chi connectivity index (χ0n) is 20.9. The summed E-state index contributed by atoms with van der Waals surface area (Å²) in [6.07, 6.45) is 4.73. The zero-order chi connectivity index (χ0) is 25.1. The molecule has 36 heavy (non-hydrogen) atoms. The van der Waals surface area contributed by atoms with Crippen molar-refractivity contribution in [2.45, 2.75) is 56.5 Å². The number of hydrogen-bond donors (Lipinski definition) is 0. The van der Waals surface area contributed by atoms with Crippen LogP contribution in [0, 0.1) is 6.92 Å². The molecule has 2 aliphatic heterocycles. The van der Waals surface area contributed by atoms with Crippen molar-refractivity contribution in [3.05, 3.63) is 53.6 Å². The SMILES string of the molecule is Cc1ccc(S(=O)(=O)N(CC(=O)N2CCN(Cc3ccc4c(c3)OCO4)CC2)C2CCCCC2)cc1. The fraction of sp³-hybridized carbons (Fsp3) is 0.519. The van der Waals surface area contributed by atoms with Crippen molar-refractivity contribution in [2.75, 3.05) is 39.5 Å². The van der Waals surface area contributed by atoms with Crippen LogP contribution in [0.5, 0.6) is 11.5 Å². The highest BCUT2D eigenvalue weighted by molar-refractivity contribution is 7.89. The van der Waals surface area contributed by atoms with Gasteiger partial charge in [-0.15, -0.1) is 0 Å². The Morgan fingerprint density at radius 3 is 2.36 bits per heavy atom. The smallest absolute Gasteiger partial charge is 0.243 e. The maximum absolute atomic E-state index is 13.6. The van der Waals surface area contributed by atoms with E-state index >= 15 is 0 Å². The number of carbonyl (C=O) groups is 1. The van der Waals surface area contributed by atoms with Gasteiger partial charge >= 0.3 is 0 Å². The first-order valence-corrected chi connectivity index (χ1v) is 14.3. The molecule has 0 bridgehead atoms. The van der Waals surface area contributed by atoms with Gasteiger partial charge in [0.2, 0.25) is 22.7 Å². The third kappa shape index (κ3) is 5.53. The quantitative estimate of drug-likeness (QED) is 0.565. The normalized spacial score (nSPS) is 19.1. The number of rotatable bonds is 7. The molecule has 1 saturated heterocycles. The van der Waals surface area contributed by atoms with Crippen LogP contribution in [0.15, 0.2) is 47.4 Å². The second kappa shape index (κ2) is 10.8. The Morgan fingerprint density at radius 2 is 1.64 bits per heavy atom. The van der Waals surface area contributed by atoms with Crippen molar-refractivity contribution >= 4 is 15.9 Å². The van der Waals surface area contributed by atoms with Crippen LogP contribution in [0.25, 0.3) is 0 Å². The molecule has 5 rings (SSSR count). The van der Waals surface area contributed by atoms with Gasteiger partial charge in [-0.1, -0.05) is 43.0 Å². The molecule has 1 aliphatic carbocycles. The molecule has 0 spiro atoms. The number of nitrogens with zero attached hydrogens (tertiary/aromatic N) is 3. The maximum Gasteiger partial charge on any atom is 0.243 e. The van der Waals surface area contributed by atoms with Gasteiger partial charge in [-0.25, -0.2) is 8.42 Å². The Kier molecular flexibility index (Phi) is 7.50. The van der Waals surface area contributed by atoms with Gasteiger partial charge in [0.05, 0.1) is 11.4 Å². The lowest BCUT2D eigenvalue weighted by molar-refractivity contribution is -0.133. The Hall–Kier alpha value is -2.62. The number of amides is 1. The van der Waals surface area contributed by atoms with Crippen molar-refractivity contribution in [1.29, 1.82) is 0 Å². The summed E-state index contributed by atoms with van der Waals surface area (Å²) in [5.41, 5.74) is 2.15. The molecule has 0 N–H and O–H groups in total. The first-order chi connectivity index (χ1) is 17.4. The van der Waals surface area contributed by atoms with E-state index in [2.05, 4.69) is 4.90 Å². The molecule has 1 amide bonds. The van der Waals surface area contributed by atoms with Crippen LogP contribution in [0.2, 0.25) is 0 Å². The van der Waals surface area contributed by atoms with E-state index in [0.29, 0.717) is 13.1 Å². The summed E-state index contributed by atoms with van der Waals surface area (Å²) in [5.74, 6) is 1.44. The van der Waals surface area contributed by atoms with Crippen molar-refractivity contribution in [2.24, 2.45) is 0 Å². The maximum atomic E-state index is 13.6. The van der Waals surface area contributed by atoms with Crippen LogP contribution in [0.1, 0.15) is 43.2 Å². The van der Waals surface area contributed by atoms with Gasteiger partial charge in [-0.05, 0) is 49.6 Å². The number of aryl methyl sites for hydroxylation is 1. The Labute approximate surface area is 213 Å². The summed E-state index contributed by atoms with van der Waals surface area (Å²) in [7, 11) is -3.75. The lowest BCUT2D eigenvalue weighted by Gasteiger charge is -2.37. The standard InChI is InChI=1S/C27H35N3O5S/c1-21-7-10-24(11-8-21)36(32,33)30(23-5-3-2-4-6-23)19-27(31)29-15-13-28(14-16-29)18-22-9-12-25-26(17-22)35-20-34-25/h7-12,17,23H,2-6,13-16,18-20H2,1H3. The van der Waals surface area contributed by atoms with E-state index in [1.165, 1.54) is 4.31 Å². The van der Waals surface area contributed by atoms with Crippen molar-refractivity contribution in [3.8, 4) is 11.5 Å². The molecule has 2 heterocycles. The van der Waals surface area contributed by atoms with Gasteiger partial charge in [0.15, 0.2) is 11.5 Å². The Bertz CT molecular complexity index is 1170. The highest BCUT2D eigenvalue weighted by Gasteiger charge is 2.35. The van der Waals surface area contributed by atoms with E-state index in [-0.39, 0.29) is 30.2 Å². The lowest BCUT2D eigenvalue weighted by Crippen LogP contribution is -2.53. The van der Waals surface area contributed by atoms with Crippen LogP contribution in [-0.2, 0) is 21.4 Å². The van der Waals surface area contributed by atoms with E-state index in [4.69, 9.17) is 9.47 Å². The number of sulfonamides is 1. The molecule has 0 radical (unpaired) electrons. The predicted octanol–water partition coefficient (Wildman–Crippen LogP) is 3.39. The number of carbonyl (C=O) groups excluding carboxylic acids is 1. The van der Waals surface area contributed by atoms with Crippen LogP contribution in [-0.4, -0.2) is 74.0 Å². The molecule has 8 nitrogen and oxygen atoms in total. The molecule has 0 unspecified atom stereocenters. The van der Waals surface area contributed by atoms with E-state index in [9.17, 15) is 13.2 Å². The van der Waals surface area contributed by atoms with Crippen LogP contribution < -0.4 is 9.47 Å². The van der Waals surface area contributed by atoms with Gasteiger partial charge in [-0.3, -0.25) is 9.69 Å². The second-order valence-electron chi connectivity index (χ2n) is 10.00. The first kappa shape index (κ1) is 25.0. The fourth-order valence-electron chi connectivity index (χ4n) is 5.31. The summed E-state index contributed by atoms with van der Waals surface area (Å²) < 4.78 is 39.6. The number of benzene rings is 2. The fourth-order valence-corrected chi connectivity index (χ4v) is 6.95. The van der Waals surface area contributed by atoms with Gasteiger partial charge < -0.3 is 14.4 Å². The highest BCUT2D eigenvalue weighted by atomic mass is 32.2. The van der Waals surface area contributed by atoms with Crippen molar-refractivity contribution in [3.63, 3.8) is 0 Å². The van der Waals surface area contributed by atoms with Gasteiger partial charge in [0.1, 0.15) is 0 Å². The van der Waals surface area contributed by atoms with E-state index in [0.717, 1.165) is 74.4 Å². The monoisotopic (exact) mass is 513 g/mol. The minimum Gasteiger partial charge on any atom is -0.454 e. The Balaban J connectivity index is 1.22. The molecular formula is C27H35N3O5S. The zero-order valence-corrected chi connectivity index (χ0v) is 21.7. The van der Waals surface area contributed by atoms with Crippen LogP contribution >= 0.6 is 0 Å². The average molecular weight is 514 g/mol. The summed E-state index contributed by atoms with van der Waals surface area (Å²) in [5, 5.41) is 0.